The van der Waals surface area contributed by atoms with Gasteiger partial charge in [0.25, 0.3) is 0 Å². The molecule has 14 heavy (non-hydrogen) atoms. The normalized spacial score (nSPS) is 31.7. The molecular weight excluding hydrogens is 176 g/mol. The lowest BCUT2D eigenvalue weighted by Crippen LogP contribution is -2.49. The molecule has 0 radical (unpaired) electrons. The molecule has 3 heteroatoms. The van der Waals surface area contributed by atoms with E-state index in [0.717, 1.165) is 6.54 Å². The van der Waals surface area contributed by atoms with Crippen molar-refractivity contribution in [1.82, 2.24) is 10.2 Å². The van der Waals surface area contributed by atoms with E-state index in [1.807, 2.05) is 7.11 Å². The van der Waals surface area contributed by atoms with E-state index in [1.165, 1.54) is 38.8 Å². The summed E-state index contributed by atoms with van der Waals surface area (Å²) in [5.41, 5.74) is 0.211. The van der Waals surface area contributed by atoms with Crippen LogP contribution in [-0.4, -0.2) is 50.3 Å². The maximum atomic E-state index is 5.64. The van der Waals surface area contributed by atoms with Gasteiger partial charge in [-0.2, -0.15) is 0 Å². The summed E-state index contributed by atoms with van der Waals surface area (Å²) in [6, 6.07) is 0.698. The van der Waals surface area contributed by atoms with Crippen LogP contribution >= 0.6 is 0 Å². The predicted molar refractivity (Wildman–Crippen MR) is 57.5 cm³/mol. The van der Waals surface area contributed by atoms with Gasteiger partial charge in [0.2, 0.25) is 0 Å². The molecule has 0 aromatic heterocycles. The van der Waals surface area contributed by atoms with E-state index in [9.17, 15) is 0 Å². The monoisotopic (exact) mass is 198 g/mol. The Labute approximate surface area is 86.8 Å². The van der Waals surface area contributed by atoms with Crippen molar-refractivity contribution in [3.05, 3.63) is 0 Å². The standard InChI is InChI=1S/C11H22N2O/c1-12-10-4-7-13(8-10)9-11(14-2)5-3-6-11/h10,12H,3-9H2,1-2H3. The van der Waals surface area contributed by atoms with Crippen molar-refractivity contribution in [1.29, 1.82) is 0 Å². The molecule has 0 aromatic rings. The summed E-state index contributed by atoms with van der Waals surface area (Å²) in [7, 11) is 3.92. The number of likely N-dealkylation sites (tertiary alicyclic amines) is 1. The van der Waals surface area contributed by atoms with Crippen LogP contribution in [0.4, 0.5) is 0 Å². The van der Waals surface area contributed by atoms with Crippen LogP contribution in [0.25, 0.3) is 0 Å². The minimum atomic E-state index is 0.211. The van der Waals surface area contributed by atoms with Gasteiger partial charge in [-0.25, -0.2) is 0 Å². The van der Waals surface area contributed by atoms with Crippen LogP contribution in [0.5, 0.6) is 0 Å². The fourth-order valence-corrected chi connectivity index (χ4v) is 2.62. The number of ether oxygens (including phenoxy) is 1. The molecule has 1 atom stereocenters. The van der Waals surface area contributed by atoms with E-state index in [4.69, 9.17) is 4.74 Å². The van der Waals surface area contributed by atoms with Gasteiger partial charge in [-0.3, -0.25) is 4.90 Å². The smallest absolute Gasteiger partial charge is 0.0805 e. The van der Waals surface area contributed by atoms with Crippen LogP contribution < -0.4 is 5.32 Å². The molecule has 1 aliphatic carbocycles. The van der Waals surface area contributed by atoms with Crippen LogP contribution in [0.3, 0.4) is 0 Å². The highest BCUT2D eigenvalue weighted by molar-refractivity contribution is 4.94. The summed E-state index contributed by atoms with van der Waals surface area (Å²) in [6.07, 6.45) is 5.14. The number of nitrogens with one attached hydrogen (secondary N) is 1. The van der Waals surface area contributed by atoms with Crippen LogP contribution in [0.1, 0.15) is 25.7 Å². The van der Waals surface area contributed by atoms with Crippen molar-refractivity contribution in [2.75, 3.05) is 33.8 Å². The molecule has 0 amide bonds. The Bertz CT molecular complexity index is 186. The Morgan fingerprint density at radius 1 is 1.50 bits per heavy atom. The van der Waals surface area contributed by atoms with E-state index in [0.29, 0.717) is 6.04 Å². The molecule has 0 bridgehead atoms. The van der Waals surface area contributed by atoms with Crippen LogP contribution in [-0.2, 0) is 4.74 Å². The average molecular weight is 198 g/mol. The Kier molecular flexibility index (Phi) is 3.10. The SMILES string of the molecule is CNC1CCN(CC2(OC)CCC2)C1. The molecule has 2 rings (SSSR count). The van der Waals surface area contributed by atoms with Gasteiger partial charge < -0.3 is 10.1 Å². The second-order valence-corrected chi connectivity index (χ2v) is 4.75. The summed E-state index contributed by atoms with van der Waals surface area (Å²) >= 11 is 0. The van der Waals surface area contributed by atoms with Crippen molar-refractivity contribution < 1.29 is 4.74 Å². The lowest BCUT2D eigenvalue weighted by Gasteiger charge is -2.43. The predicted octanol–water partition coefficient (Wildman–Crippen LogP) is 0.849. The molecular formula is C11H22N2O. The first-order valence-corrected chi connectivity index (χ1v) is 5.73. The highest BCUT2D eigenvalue weighted by atomic mass is 16.5. The van der Waals surface area contributed by atoms with Gasteiger partial charge in [0.1, 0.15) is 0 Å². The summed E-state index contributed by atoms with van der Waals surface area (Å²) in [6.45, 7) is 3.57. The zero-order valence-corrected chi connectivity index (χ0v) is 9.38. The number of nitrogens with zero attached hydrogens (tertiary/aromatic N) is 1. The van der Waals surface area contributed by atoms with E-state index in [1.54, 1.807) is 0 Å². The Morgan fingerprint density at radius 3 is 2.71 bits per heavy atom. The van der Waals surface area contributed by atoms with Gasteiger partial charge in [-0.1, -0.05) is 0 Å². The molecule has 2 aliphatic rings. The summed E-state index contributed by atoms with van der Waals surface area (Å²) in [5, 5.41) is 3.35. The zero-order valence-electron chi connectivity index (χ0n) is 9.38. The molecule has 2 fully saturated rings. The third-order valence-corrected chi connectivity index (χ3v) is 3.89. The number of likely N-dealkylation sites (N-methyl/N-ethyl adjacent to an activating group) is 1. The van der Waals surface area contributed by atoms with Crippen molar-refractivity contribution in [2.24, 2.45) is 0 Å². The Hall–Kier alpha value is -0.120. The second-order valence-electron chi connectivity index (χ2n) is 4.75. The van der Waals surface area contributed by atoms with Gasteiger partial charge in [0, 0.05) is 26.2 Å². The molecule has 3 nitrogen and oxygen atoms in total. The highest BCUT2D eigenvalue weighted by Crippen LogP contribution is 2.36. The molecule has 1 aliphatic heterocycles. The van der Waals surface area contributed by atoms with E-state index < -0.39 is 0 Å². The molecule has 0 aromatic carbocycles. The maximum absolute atomic E-state index is 5.64. The minimum Gasteiger partial charge on any atom is -0.377 e. The molecule has 1 saturated heterocycles. The van der Waals surface area contributed by atoms with Crippen molar-refractivity contribution in [3.63, 3.8) is 0 Å². The lowest BCUT2D eigenvalue weighted by molar-refractivity contribution is -0.0885. The second kappa shape index (κ2) is 4.17. The van der Waals surface area contributed by atoms with Crippen LogP contribution in [0.15, 0.2) is 0 Å². The first kappa shape index (κ1) is 10.4. The Balaban J connectivity index is 1.80. The largest absolute Gasteiger partial charge is 0.377 e. The zero-order chi connectivity index (χ0) is 10.0. The topological polar surface area (TPSA) is 24.5 Å². The minimum absolute atomic E-state index is 0.211. The van der Waals surface area contributed by atoms with Crippen molar-refractivity contribution >= 4 is 0 Å². The van der Waals surface area contributed by atoms with Gasteiger partial charge in [0.05, 0.1) is 5.60 Å². The molecule has 1 unspecified atom stereocenters. The number of rotatable bonds is 4. The Morgan fingerprint density at radius 2 is 2.29 bits per heavy atom. The molecule has 1 N–H and O–H groups in total. The third-order valence-electron chi connectivity index (χ3n) is 3.89. The van der Waals surface area contributed by atoms with Crippen molar-refractivity contribution in [2.45, 2.75) is 37.3 Å². The van der Waals surface area contributed by atoms with Crippen LogP contribution in [0.2, 0.25) is 0 Å². The average Bonchev–Trinajstić information content (AvgIpc) is 2.59. The van der Waals surface area contributed by atoms with Gasteiger partial charge in [-0.15, -0.1) is 0 Å². The number of hydrogen-bond acceptors (Lipinski definition) is 3. The third kappa shape index (κ3) is 1.95. The quantitative estimate of drug-likeness (QED) is 0.725. The van der Waals surface area contributed by atoms with E-state index >= 15 is 0 Å². The van der Waals surface area contributed by atoms with Gasteiger partial charge in [0.15, 0.2) is 0 Å². The van der Waals surface area contributed by atoms with Crippen LogP contribution in [0, 0.1) is 0 Å². The summed E-state index contributed by atoms with van der Waals surface area (Å²) in [4.78, 5) is 2.55. The first-order chi connectivity index (χ1) is 6.78. The number of methoxy groups -OCH3 is 1. The van der Waals surface area contributed by atoms with E-state index in [2.05, 4.69) is 17.3 Å². The number of hydrogen-bond donors (Lipinski definition) is 1. The fraction of sp³-hybridized carbons (Fsp3) is 1.00. The summed E-state index contributed by atoms with van der Waals surface area (Å²) < 4.78 is 5.64. The molecule has 0 spiro atoms. The van der Waals surface area contributed by atoms with E-state index in [-0.39, 0.29) is 5.60 Å². The first-order valence-electron chi connectivity index (χ1n) is 5.73. The molecule has 1 heterocycles. The molecule has 1 saturated carbocycles. The summed E-state index contributed by atoms with van der Waals surface area (Å²) in [5.74, 6) is 0. The molecule has 82 valence electrons. The lowest BCUT2D eigenvalue weighted by atomic mass is 9.79. The van der Waals surface area contributed by atoms with Gasteiger partial charge >= 0.3 is 0 Å². The van der Waals surface area contributed by atoms with Crippen molar-refractivity contribution in [3.8, 4) is 0 Å². The van der Waals surface area contributed by atoms with Gasteiger partial charge in [-0.05, 0) is 39.3 Å². The highest BCUT2D eigenvalue weighted by Gasteiger charge is 2.39. The fourth-order valence-electron chi connectivity index (χ4n) is 2.62. The maximum Gasteiger partial charge on any atom is 0.0805 e.